The van der Waals surface area contributed by atoms with Crippen LogP contribution in [0.4, 0.5) is 0 Å². The Kier molecular flexibility index (Phi) is 8.83. The molecule has 0 aliphatic heterocycles. The summed E-state index contributed by atoms with van der Waals surface area (Å²) in [6, 6.07) is 0. The molecule has 0 nitrogen and oxygen atoms in total. The van der Waals surface area contributed by atoms with Crippen LogP contribution < -0.4 is 0 Å². The van der Waals surface area contributed by atoms with E-state index in [0.717, 1.165) is 23.7 Å². The first-order chi connectivity index (χ1) is 9.17. The molecule has 1 rings (SSSR count). The molecule has 4 unspecified atom stereocenters. The molecule has 1 saturated carbocycles. The maximum atomic E-state index is 2.50. The Hall–Kier alpha value is 0. The summed E-state index contributed by atoms with van der Waals surface area (Å²) < 4.78 is 0. The second kappa shape index (κ2) is 9.83. The average molecular weight is 267 g/mol. The highest BCUT2D eigenvalue weighted by molar-refractivity contribution is 4.81. The molecule has 0 spiro atoms. The molecule has 19 heavy (non-hydrogen) atoms. The highest BCUT2D eigenvalue weighted by Gasteiger charge is 2.30. The quantitative estimate of drug-likeness (QED) is 0.384. The lowest BCUT2D eigenvalue weighted by Gasteiger charge is -2.38. The molecule has 0 heteroatoms. The van der Waals surface area contributed by atoms with Crippen molar-refractivity contribution in [2.24, 2.45) is 23.7 Å². The molecule has 4 atom stereocenters. The molecule has 114 valence electrons. The van der Waals surface area contributed by atoms with Crippen molar-refractivity contribution >= 4 is 0 Å². The van der Waals surface area contributed by atoms with Crippen LogP contribution in [0.2, 0.25) is 0 Å². The smallest absolute Gasteiger partial charge is 0.0383 e. The van der Waals surface area contributed by atoms with Gasteiger partial charge in [-0.1, -0.05) is 79.1 Å². The molecule has 0 aromatic heterocycles. The number of hydrogen-bond acceptors (Lipinski definition) is 0. The minimum atomic E-state index is 0.957. The summed E-state index contributed by atoms with van der Waals surface area (Å²) >= 11 is 0. The van der Waals surface area contributed by atoms with Gasteiger partial charge in [0.2, 0.25) is 0 Å². The largest absolute Gasteiger partial charge is 0.0654 e. The summed E-state index contributed by atoms with van der Waals surface area (Å²) in [7, 11) is 0. The Morgan fingerprint density at radius 3 is 2.05 bits per heavy atom. The summed E-state index contributed by atoms with van der Waals surface area (Å²) in [4.78, 5) is 0. The molecule has 0 bridgehead atoms. The average Bonchev–Trinajstić information content (AvgIpc) is 2.35. The van der Waals surface area contributed by atoms with Gasteiger partial charge in [-0.05, 0) is 42.9 Å². The maximum Gasteiger partial charge on any atom is -0.0383 e. The van der Waals surface area contributed by atoms with E-state index in [-0.39, 0.29) is 0 Å². The molecule has 0 saturated heterocycles. The normalized spacial score (nSPS) is 25.9. The van der Waals surface area contributed by atoms with E-state index in [1.54, 1.807) is 0 Å². The zero-order valence-corrected chi connectivity index (χ0v) is 14.1. The molecule has 0 aromatic rings. The fraction of sp³-hybridized carbons (Fsp3) is 1.00. The number of rotatable bonds is 11. The van der Waals surface area contributed by atoms with Gasteiger partial charge in [0.05, 0.1) is 0 Å². The van der Waals surface area contributed by atoms with E-state index in [4.69, 9.17) is 0 Å². The van der Waals surface area contributed by atoms with Crippen LogP contribution in [0, 0.1) is 23.7 Å². The van der Waals surface area contributed by atoms with Gasteiger partial charge in [0.15, 0.2) is 0 Å². The SMILES string of the molecule is CCCCC1CCC1CC(C)CCCC(C)CCC. The second-order valence-corrected chi connectivity index (χ2v) is 7.41. The van der Waals surface area contributed by atoms with Crippen LogP contribution in [0.25, 0.3) is 0 Å². The van der Waals surface area contributed by atoms with Gasteiger partial charge in [-0.15, -0.1) is 0 Å². The van der Waals surface area contributed by atoms with Crippen LogP contribution in [0.1, 0.15) is 98.3 Å². The van der Waals surface area contributed by atoms with Crippen molar-refractivity contribution in [2.45, 2.75) is 98.3 Å². The van der Waals surface area contributed by atoms with Crippen molar-refractivity contribution in [1.82, 2.24) is 0 Å². The predicted octanol–water partition coefficient (Wildman–Crippen LogP) is 6.84. The molecule has 0 aromatic carbocycles. The standard InChI is InChI=1S/C19H38/c1-5-7-12-18-13-14-19(18)15-17(4)11-8-10-16(3)9-6-2/h16-19H,5-15H2,1-4H3. The van der Waals surface area contributed by atoms with Gasteiger partial charge in [0, 0.05) is 0 Å². The van der Waals surface area contributed by atoms with E-state index in [9.17, 15) is 0 Å². The van der Waals surface area contributed by atoms with E-state index in [0.29, 0.717) is 0 Å². The summed E-state index contributed by atoms with van der Waals surface area (Å²) in [5.41, 5.74) is 0. The molecule has 0 radical (unpaired) electrons. The zero-order valence-electron chi connectivity index (χ0n) is 14.1. The minimum absolute atomic E-state index is 0.957. The van der Waals surface area contributed by atoms with Crippen LogP contribution in [0.3, 0.4) is 0 Å². The van der Waals surface area contributed by atoms with Crippen molar-refractivity contribution in [3.8, 4) is 0 Å². The van der Waals surface area contributed by atoms with E-state index in [2.05, 4.69) is 27.7 Å². The maximum absolute atomic E-state index is 2.50. The van der Waals surface area contributed by atoms with E-state index in [1.807, 2.05) is 0 Å². The van der Waals surface area contributed by atoms with Crippen molar-refractivity contribution < 1.29 is 0 Å². The van der Waals surface area contributed by atoms with Gasteiger partial charge in [-0.2, -0.15) is 0 Å². The van der Waals surface area contributed by atoms with Crippen LogP contribution in [-0.2, 0) is 0 Å². The molecular weight excluding hydrogens is 228 g/mol. The summed E-state index contributed by atoms with van der Waals surface area (Å²) in [6.07, 6.45) is 16.1. The summed E-state index contributed by atoms with van der Waals surface area (Å²) in [6.45, 7) is 9.57. The van der Waals surface area contributed by atoms with Crippen molar-refractivity contribution in [3.63, 3.8) is 0 Å². The van der Waals surface area contributed by atoms with Crippen molar-refractivity contribution in [2.75, 3.05) is 0 Å². The molecule has 0 N–H and O–H groups in total. The van der Waals surface area contributed by atoms with Gasteiger partial charge >= 0.3 is 0 Å². The highest BCUT2D eigenvalue weighted by atomic mass is 14.4. The fourth-order valence-electron chi connectivity index (χ4n) is 3.88. The van der Waals surface area contributed by atoms with Crippen LogP contribution in [-0.4, -0.2) is 0 Å². The Labute approximate surface area is 122 Å². The highest BCUT2D eigenvalue weighted by Crippen LogP contribution is 2.42. The second-order valence-electron chi connectivity index (χ2n) is 7.41. The van der Waals surface area contributed by atoms with E-state index >= 15 is 0 Å². The first-order valence-electron chi connectivity index (χ1n) is 9.17. The summed E-state index contributed by atoms with van der Waals surface area (Å²) in [5.74, 6) is 4.12. The monoisotopic (exact) mass is 266 g/mol. The van der Waals surface area contributed by atoms with Gasteiger partial charge < -0.3 is 0 Å². The first kappa shape index (κ1) is 17.1. The Morgan fingerprint density at radius 1 is 0.789 bits per heavy atom. The van der Waals surface area contributed by atoms with E-state index in [1.165, 1.54) is 70.6 Å². The third-order valence-corrected chi connectivity index (χ3v) is 5.38. The molecular formula is C19H38. The van der Waals surface area contributed by atoms with Gasteiger partial charge in [0.25, 0.3) is 0 Å². The van der Waals surface area contributed by atoms with Gasteiger partial charge in [-0.3, -0.25) is 0 Å². The lowest BCUT2D eigenvalue weighted by atomic mass is 9.67. The van der Waals surface area contributed by atoms with Crippen molar-refractivity contribution in [3.05, 3.63) is 0 Å². The van der Waals surface area contributed by atoms with Crippen LogP contribution >= 0.6 is 0 Å². The third kappa shape index (κ3) is 6.82. The molecule has 1 aliphatic rings. The van der Waals surface area contributed by atoms with Gasteiger partial charge in [-0.25, -0.2) is 0 Å². The van der Waals surface area contributed by atoms with E-state index < -0.39 is 0 Å². The lowest BCUT2D eigenvalue weighted by molar-refractivity contribution is 0.128. The van der Waals surface area contributed by atoms with Gasteiger partial charge in [0.1, 0.15) is 0 Å². The minimum Gasteiger partial charge on any atom is -0.0654 e. The molecule has 0 heterocycles. The first-order valence-corrected chi connectivity index (χ1v) is 9.17. The van der Waals surface area contributed by atoms with Crippen molar-refractivity contribution in [1.29, 1.82) is 0 Å². The predicted molar refractivity (Wildman–Crippen MR) is 87.4 cm³/mol. The topological polar surface area (TPSA) is 0 Å². The molecule has 0 amide bonds. The lowest BCUT2D eigenvalue weighted by Crippen LogP contribution is -2.27. The molecule has 1 aliphatic carbocycles. The zero-order chi connectivity index (χ0) is 14.1. The Morgan fingerprint density at radius 2 is 1.47 bits per heavy atom. The number of hydrogen-bond donors (Lipinski definition) is 0. The fourth-order valence-corrected chi connectivity index (χ4v) is 3.88. The number of unbranched alkanes of at least 4 members (excludes halogenated alkanes) is 1. The third-order valence-electron chi connectivity index (χ3n) is 5.38. The summed E-state index contributed by atoms with van der Waals surface area (Å²) in [5, 5.41) is 0. The van der Waals surface area contributed by atoms with Crippen LogP contribution in [0.15, 0.2) is 0 Å². The molecule has 1 fully saturated rings. The Balaban J connectivity index is 2.05. The Bertz CT molecular complexity index is 208. The van der Waals surface area contributed by atoms with Crippen LogP contribution in [0.5, 0.6) is 0 Å².